The fourth-order valence-corrected chi connectivity index (χ4v) is 3.42. The summed E-state index contributed by atoms with van der Waals surface area (Å²) < 4.78 is 5.25. The molecule has 0 bridgehead atoms. The van der Waals surface area contributed by atoms with Crippen LogP contribution in [-0.2, 0) is 0 Å². The van der Waals surface area contributed by atoms with Crippen LogP contribution in [0.5, 0.6) is 0 Å². The fourth-order valence-electron chi connectivity index (χ4n) is 3.42. The molecule has 1 saturated heterocycles. The lowest BCUT2D eigenvalue weighted by Crippen LogP contribution is -2.49. The number of carbonyl (C=O) groups excluding carboxylic acids is 1. The molecule has 8 heteroatoms. The highest BCUT2D eigenvalue weighted by molar-refractivity contribution is 5.96. The summed E-state index contributed by atoms with van der Waals surface area (Å²) in [4.78, 5) is 39.3. The molecule has 3 aromatic rings. The molecule has 2 aromatic carbocycles. The van der Waals surface area contributed by atoms with Crippen molar-refractivity contribution in [3.8, 4) is 0 Å². The number of nitrogens with zero attached hydrogens (tertiary/aromatic N) is 3. The summed E-state index contributed by atoms with van der Waals surface area (Å²) in [5, 5.41) is 11.9. The SMILES string of the molecule is O=C(c1cc2ccccc2oc1=O)N1CCN(c2ccccc2[N+](=O)[O-])CC1. The Kier molecular flexibility index (Phi) is 4.52. The largest absolute Gasteiger partial charge is 0.422 e. The van der Waals surface area contributed by atoms with Crippen LogP contribution in [0.2, 0.25) is 0 Å². The van der Waals surface area contributed by atoms with Gasteiger partial charge in [-0.2, -0.15) is 0 Å². The van der Waals surface area contributed by atoms with E-state index in [1.807, 2.05) is 11.0 Å². The molecule has 0 aliphatic carbocycles. The van der Waals surface area contributed by atoms with Crippen LogP contribution in [0.3, 0.4) is 0 Å². The molecule has 1 aromatic heterocycles. The number of piperazine rings is 1. The maximum Gasteiger partial charge on any atom is 0.349 e. The molecular formula is C20H17N3O5. The van der Waals surface area contributed by atoms with E-state index in [-0.39, 0.29) is 17.2 Å². The normalized spacial score (nSPS) is 14.3. The van der Waals surface area contributed by atoms with Crippen LogP contribution in [0.4, 0.5) is 11.4 Å². The molecule has 1 fully saturated rings. The van der Waals surface area contributed by atoms with E-state index in [0.29, 0.717) is 42.8 Å². The average molecular weight is 379 g/mol. The van der Waals surface area contributed by atoms with E-state index in [4.69, 9.17) is 4.42 Å². The van der Waals surface area contributed by atoms with Gasteiger partial charge in [0.2, 0.25) is 0 Å². The predicted octanol–water partition coefficient (Wildman–Crippen LogP) is 2.66. The molecule has 8 nitrogen and oxygen atoms in total. The quantitative estimate of drug-likeness (QED) is 0.394. The molecule has 2 heterocycles. The molecule has 1 amide bonds. The summed E-state index contributed by atoms with van der Waals surface area (Å²) in [5.74, 6) is -0.387. The lowest BCUT2D eigenvalue weighted by Gasteiger charge is -2.35. The molecule has 1 aliphatic rings. The van der Waals surface area contributed by atoms with E-state index < -0.39 is 10.5 Å². The van der Waals surface area contributed by atoms with Crippen molar-refractivity contribution >= 4 is 28.3 Å². The van der Waals surface area contributed by atoms with Crippen molar-refractivity contribution in [3.63, 3.8) is 0 Å². The number of nitro groups is 1. The number of fused-ring (bicyclic) bond motifs is 1. The lowest BCUT2D eigenvalue weighted by atomic mass is 10.1. The van der Waals surface area contributed by atoms with Gasteiger partial charge in [0.1, 0.15) is 16.8 Å². The third-order valence-corrected chi connectivity index (χ3v) is 4.86. The van der Waals surface area contributed by atoms with E-state index in [2.05, 4.69) is 0 Å². The average Bonchev–Trinajstić information content (AvgIpc) is 2.73. The number of hydrogen-bond acceptors (Lipinski definition) is 6. The number of hydrogen-bond donors (Lipinski definition) is 0. The third kappa shape index (κ3) is 3.20. The van der Waals surface area contributed by atoms with E-state index in [1.54, 1.807) is 47.4 Å². The molecular weight excluding hydrogens is 362 g/mol. The molecule has 1 aliphatic heterocycles. The highest BCUT2D eigenvalue weighted by Gasteiger charge is 2.27. The summed E-state index contributed by atoms with van der Waals surface area (Å²) in [6.45, 7) is 1.60. The van der Waals surface area contributed by atoms with Crippen molar-refractivity contribution in [3.05, 3.63) is 80.7 Å². The van der Waals surface area contributed by atoms with Gasteiger partial charge in [0.25, 0.3) is 11.6 Å². The molecule has 0 N–H and O–H groups in total. The molecule has 28 heavy (non-hydrogen) atoms. The number of benzene rings is 2. The maximum absolute atomic E-state index is 12.8. The van der Waals surface area contributed by atoms with Gasteiger partial charge in [-0.15, -0.1) is 0 Å². The van der Waals surface area contributed by atoms with Gasteiger partial charge in [0, 0.05) is 37.6 Å². The predicted molar refractivity (Wildman–Crippen MR) is 104 cm³/mol. The first-order chi connectivity index (χ1) is 13.5. The molecule has 0 spiro atoms. The zero-order valence-electron chi connectivity index (χ0n) is 14.9. The van der Waals surface area contributed by atoms with Crippen molar-refractivity contribution in [1.82, 2.24) is 4.90 Å². The number of anilines is 1. The second kappa shape index (κ2) is 7.15. The zero-order chi connectivity index (χ0) is 19.7. The number of para-hydroxylation sites is 3. The van der Waals surface area contributed by atoms with E-state index in [1.165, 1.54) is 6.07 Å². The minimum atomic E-state index is -0.662. The summed E-state index contributed by atoms with van der Waals surface area (Å²) in [7, 11) is 0. The Morgan fingerprint density at radius 3 is 2.43 bits per heavy atom. The van der Waals surface area contributed by atoms with Gasteiger partial charge in [0.05, 0.1) is 4.92 Å². The Balaban J connectivity index is 1.53. The van der Waals surface area contributed by atoms with Crippen molar-refractivity contribution in [1.29, 1.82) is 0 Å². The number of rotatable bonds is 3. The van der Waals surface area contributed by atoms with E-state index in [0.717, 1.165) is 0 Å². The van der Waals surface area contributed by atoms with Gasteiger partial charge in [-0.05, 0) is 18.2 Å². The summed E-state index contributed by atoms with van der Waals surface area (Å²) in [5.41, 5.74) is 0.343. The first-order valence-corrected chi connectivity index (χ1v) is 8.85. The van der Waals surface area contributed by atoms with E-state index >= 15 is 0 Å². The van der Waals surface area contributed by atoms with Crippen LogP contribution in [0.25, 0.3) is 11.0 Å². The summed E-state index contributed by atoms with van der Waals surface area (Å²) in [6.07, 6.45) is 0. The van der Waals surface area contributed by atoms with Crippen LogP contribution in [0.1, 0.15) is 10.4 Å². The number of nitro benzene ring substituents is 1. The Bertz CT molecular complexity index is 1120. The topological polar surface area (TPSA) is 96.9 Å². The second-order valence-electron chi connectivity index (χ2n) is 6.51. The zero-order valence-corrected chi connectivity index (χ0v) is 14.9. The molecule has 4 rings (SSSR count). The smallest absolute Gasteiger partial charge is 0.349 e. The van der Waals surface area contributed by atoms with Crippen LogP contribution < -0.4 is 10.5 Å². The Hall–Kier alpha value is -3.68. The van der Waals surface area contributed by atoms with Gasteiger partial charge in [0.15, 0.2) is 0 Å². The molecule has 0 atom stereocenters. The van der Waals surface area contributed by atoms with Crippen molar-refractivity contribution in [2.75, 3.05) is 31.1 Å². The Labute approximate surface area is 159 Å². The standard InChI is InChI=1S/C20H17N3O5/c24-19(15-13-14-5-1-4-8-18(14)28-20(15)25)22-11-9-21(10-12-22)16-6-2-3-7-17(16)23(26)27/h1-8,13H,9-12H2. The van der Waals surface area contributed by atoms with Gasteiger partial charge >= 0.3 is 5.63 Å². The van der Waals surface area contributed by atoms with Gasteiger partial charge < -0.3 is 14.2 Å². The van der Waals surface area contributed by atoms with Crippen molar-refractivity contribution in [2.45, 2.75) is 0 Å². The molecule has 0 saturated carbocycles. The maximum atomic E-state index is 12.8. The first kappa shape index (κ1) is 17.7. The highest BCUT2D eigenvalue weighted by atomic mass is 16.6. The minimum absolute atomic E-state index is 0.00200. The highest BCUT2D eigenvalue weighted by Crippen LogP contribution is 2.28. The third-order valence-electron chi connectivity index (χ3n) is 4.86. The summed E-state index contributed by atoms with van der Waals surface area (Å²) >= 11 is 0. The van der Waals surface area contributed by atoms with Crippen LogP contribution in [0.15, 0.2) is 63.8 Å². The van der Waals surface area contributed by atoms with Crippen molar-refractivity contribution < 1.29 is 14.1 Å². The fraction of sp³-hybridized carbons (Fsp3) is 0.200. The Morgan fingerprint density at radius 2 is 1.68 bits per heavy atom. The first-order valence-electron chi connectivity index (χ1n) is 8.85. The van der Waals surface area contributed by atoms with Crippen LogP contribution >= 0.6 is 0 Å². The minimum Gasteiger partial charge on any atom is -0.422 e. The van der Waals surface area contributed by atoms with E-state index in [9.17, 15) is 19.7 Å². The Morgan fingerprint density at radius 1 is 1.00 bits per heavy atom. The summed E-state index contributed by atoms with van der Waals surface area (Å²) in [6, 6.07) is 15.1. The number of amides is 1. The lowest BCUT2D eigenvalue weighted by molar-refractivity contribution is -0.384. The molecule has 0 unspecified atom stereocenters. The molecule has 142 valence electrons. The molecule has 0 radical (unpaired) electrons. The second-order valence-corrected chi connectivity index (χ2v) is 6.51. The van der Waals surface area contributed by atoms with Crippen molar-refractivity contribution in [2.24, 2.45) is 0 Å². The van der Waals surface area contributed by atoms with Gasteiger partial charge in [-0.25, -0.2) is 4.79 Å². The van der Waals surface area contributed by atoms with Gasteiger partial charge in [-0.3, -0.25) is 14.9 Å². The van der Waals surface area contributed by atoms with Crippen LogP contribution in [0, 0.1) is 10.1 Å². The van der Waals surface area contributed by atoms with Crippen LogP contribution in [-0.4, -0.2) is 41.9 Å². The van der Waals surface area contributed by atoms with Gasteiger partial charge in [-0.1, -0.05) is 30.3 Å². The monoisotopic (exact) mass is 379 g/mol. The number of carbonyl (C=O) groups is 1.